The third-order valence-electron chi connectivity index (χ3n) is 5.86. The molecule has 0 bridgehead atoms. The van der Waals surface area contributed by atoms with Crippen molar-refractivity contribution in [2.24, 2.45) is 0 Å². The van der Waals surface area contributed by atoms with E-state index in [9.17, 15) is 19.1 Å². The number of benzene rings is 2. The van der Waals surface area contributed by atoms with Crippen LogP contribution in [0.5, 0.6) is 5.75 Å². The van der Waals surface area contributed by atoms with Gasteiger partial charge in [-0.25, -0.2) is 4.39 Å². The van der Waals surface area contributed by atoms with Crippen molar-refractivity contribution < 1.29 is 23.8 Å². The molecule has 1 amide bonds. The molecule has 1 saturated heterocycles. The average Bonchev–Trinajstić information content (AvgIpc) is 3.07. The van der Waals surface area contributed by atoms with Crippen LogP contribution in [0.1, 0.15) is 37.4 Å². The van der Waals surface area contributed by atoms with Crippen molar-refractivity contribution in [3.63, 3.8) is 0 Å². The SMILES string of the molecule is CCN(CC)CCCN1C(=O)C(=O)/C(=C(/O)c2ccc(F)cc2)C1c1ccc(OC)cc1. The largest absolute Gasteiger partial charge is 0.507 e. The van der Waals surface area contributed by atoms with E-state index in [1.54, 1.807) is 31.4 Å². The number of aliphatic hydroxyl groups excluding tert-OH is 1. The van der Waals surface area contributed by atoms with E-state index >= 15 is 0 Å². The Morgan fingerprint density at radius 2 is 1.69 bits per heavy atom. The summed E-state index contributed by atoms with van der Waals surface area (Å²) in [5.41, 5.74) is 0.983. The molecule has 6 nitrogen and oxygen atoms in total. The molecule has 3 rings (SSSR count). The Morgan fingerprint density at radius 3 is 2.25 bits per heavy atom. The predicted octanol–water partition coefficient (Wildman–Crippen LogP) is 3.99. The van der Waals surface area contributed by atoms with Crippen LogP contribution in [0.25, 0.3) is 5.76 Å². The molecule has 0 aromatic heterocycles. The van der Waals surface area contributed by atoms with E-state index in [4.69, 9.17) is 4.74 Å². The molecular formula is C25H29FN2O4. The molecule has 0 aliphatic carbocycles. The van der Waals surface area contributed by atoms with Gasteiger partial charge < -0.3 is 19.6 Å². The number of carbonyl (C=O) groups excluding carboxylic acids is 2. The Bertz CT molecular complexity index is 982. The zero-order valence-corrected chi connectivity index (χ0v) is 18.7. The molecule has 0 spiro atoms. The molecule has 1 heterocycles. The third-order valence-corrected chi connectivity index (χ3v) is 5.86. The predicted molar refractivity (Wildman–Crippen MR) is 121 cm³/mol. The molecule has 1 aliphatic heterocycles. The van der Waals surface area contributed by atoms with Crippen LogP contribution < -0.4 is 4.74 Å². The van der Waals surface area contributed by atoms with Crippen LogP contribution >= 0.6 is 0 Å². The highest BCUT2D eigenvalue weighted by Gasteiger charge is 2.45. The molecule has 1 N–H and O–H groups in total. The molecular weight excluding hydrogens is 411 g/mol. The van der Waals surface area contributed by atoms with Crippen molar-refractivity contribution in [1.82, 2.24) is 9.80 Å². The molecule has 2 aromatic rings. The number of aliphatic hydroxyl groups is 1. The summed E-state index contributed by atoms with van der Waals surface area (Å²) in [6.07, 6.45) is 0.692. The number of nitrogens with zero attached hydrogens (tertiary/aromatic N) is 2. The summed E-state index contributed by atoms with van der Waals surface area (Å²) in [4.78, 5) is 29.7. The first-order valence-electron chi connectivity index (χ1n) is 10.8. The van der Waals surface area contributed by atoms with Crippen molar-refractivity contribution in [2.75, 3.05) is 33.3 Å². The lowest BCUT2D eigenvalue weighted by molar-refractivity contribution is -0.140. The van der Waals surface area contributed by atoms with Gasteiger partial charge in [-0.1, -0.05) is 26.0 Å². The molecule has 32 heavy (non-hydrogen) atoms. The van der Waals surface area contributed by atoms with Gasteiger partial charge in [-0.15, -0.1) is 0 Å². The first-order valence-corrected chi connectivity index (χ1v) is 10.8. The van der Waals surface area contributed by atoms with E-state index in [0.717, 1.165) is 19.6 Å². The quantitative estimate of drug-likeness (QED) is 0.363. The van der Waals surface area contributed by atoms with E-state index in [2.05, 4.69) is 18.7 Å². The Balaban J connectivity index is 2.01. The lowest BCUT2D eigenvalue weighted by Crippen LogP contribution is -2.33. The van der Waals surface area contributed by atoms with Crippen LogP contribution in [-0.4, -0.2) is 59.9 Å². The van der Waals surface area contributed by atoms with Gasteiger partial charge >= 0.3 is 0 Å². The van der Waals surface area contributed by atoms with E-state index in [1.165, 1.54) is 29.2 Å². The second kappa shape index (κ2) is 10.4. The molecule has 0 saturated carbocycles. The van der Waals surface area contributed by atoms with Crippen molar-refractivity contribution in [3.8, 4) is 5.75 Å². The number of likely N-dealkylation sites (tertiary alicyclic amines) is 1. The minimum absolute atomic E-state index is 0.00890. The van der Waals surface area contributed by atoms with Gasteiger partial charge in [0.15, 0.2) is 0 Å². The van der Waals surface area contributed by atoms with Crippen molar-refractivity contribution in [3.05, 3.63) is 71.0 Å². The van der Waals surface area contributed by atoms with Gasteiger partial charge in [-0.05, 0) is 68.0 Å². The summed E-state index contributed by atoms with van der Waals surface area (Å²) in [5.74, 6) is -1.50. The Labute approximate surface area is 187 Å². The summed E-state index contributed by atoms with van der Waals surface area (Å²) < 4.78 is 18.6. The number of amides is 1. The summed E-state index contributed by atoms with van der Waals surface area (Å²) in [5, 5.41) is 11.0. The Morgan fingerprint density at radius 1 is 1.06 bits per heavy atom. The fourth-order valence-corrected chi connectivity index (χ4v) is 4.01. The van der Waals surface area contributed by atoms with Gasteiger partial charge in [0.05, 0.1) is 18.7 Å². The minimum atomic E-state index is -0.740. The van der Waals surface area contributed by atoms with E-state index in [0.29, 0.717) is 24.3 Å². The Hall–Kier alpha value is -3.19. The van der Waals surface area contributed by atoms with Crippen LogP contribution in [0, 0.1) is 5.82 Å². The molecule has 1 unspecified atom stereocenters. The highest BCUT2D eigenvalue weighted by Crippen LogP contribution is 2.39. The molecule has 1 aliphatic rings. The molecule has 1 atom stereocenters. The van der Waals surface area contributed by atoms with Gasteiger partial charge in [0.25, 0.3) is 11.7 Å². The van der Waals surface area contributed by atoms with Gasteiger partial charge in [-0.3, -0.25) is 9.59 Å². The third kappa shape index (κ3) is 4.83. The number of hydrogen-bond donors (Lipinski definition) is 1. The maximum Gasteiger partial charge on any atom is 0.295 e. The van der Waals surface area contributed by atoms with Crippen LogP contribution in [0.3, 0.4) is 0 Å². The molecule has 2 aromatic carbocycles. The van der Waals surface area contributed by atoms with Crippen molar-refractivity contribution >= 4 is 17.4 Å². The highest BCUT2D eigenvalue weighted by molar-refractivity contribution is 6.46. The minimum Gasteiger partial charge on any atom is -0.507 e. The van der Waals surface area contributed by atoms with Crippen LogP contribution in [0.15, 0.2) is 54.1 Å². The summed E-state index contributed by atoms with van der Waals surface area (Å²) in [7, 11) is 1.56. The lowest BCUT2D eigenvalue weighted by atomic mass is 9.95. The second-order valence-corrected chi connectivity index (χ2v) is 7.65. The summed E-state index contributed by atoms with van der Waals surface area (Å²) in [6.45, 7) is 7.14. The molecule has 0 radical (unpaired) electrons. The fourth-order valence-electron chi connectivity index (χ4n) is 4.01. The van der Waals surface area contributed by atoms with Crippen LogP contribution in [0.4, 0.5) is 4.39 Å². The molecule has 7 heteroatoms. The maximum atomic E-state index is 13.4. The highest BCUT2D eigenvalue weighted by atomic mass is 19.1. The number of Topliss-reactive ketones (excluding diaryl/α,β-unsaturated/α-hetero) is 1. The van der Waals surface area contributed by atoms with Crippen molar-refractivity contribution in [1.29, 1.82) is 0 Å². The van der Waals surface area contributed by atoms with Crippen LogP contribution in [0.2, 0.25) is 0 Å². The fraction of sp³-hybridized carbons (Fsp3) is 0.360. The van der Waals surface area contributed by atoms with Gasteiger partial charge in [0.2, 0.25) is 0 Å². The number of ether oxygens (including phenoxy) is 1. The van der Waals surface area contributed by atoms with Gasteiger partial charge in [0.1, 0.15) is 17.3 Å². The lowest BCUT2D eigenvalue weighted by Gasteiger charge is -2.27. The van der Waals surface area contributed by atoms with E-state index in [1.807, 2.05) is 0 Å². The smallest absolute Gasteiger partial charge is 0.295 e. The number of rotatable bonds is 9. The van der Waals surface area contributed by atoms with Gasteiger partial charge in [0, 0.05) is 12.1 Å². The zero-order chi connectivity index (χ0) is 23.3. The van der Waals surface area contributed by atoms with Crippen LogP contribution in [-0.2, 0) is 9.59 Å². The first kappa shape index (κ1) is 23.5. The van der Waals surface area contributed by atoms with Gasteiger partial charge in [-0.2, -0.15) is 0 Å². The van der Waals surface area contributed by atoms with E-state index in [-0.39, 0.29) is 16.9 Å². The average molecular weight is 441 g/mol. The number of ketones is 1. The monoisotopic (exact) mass is 440 g/mol. The number of carbonyl (C=O) groups is 2. The Kier molecular flexibility index (Phi) is 7.64. The second-order valence-electron chi connectivity index (χ2n) is 7.65. The summed E-state index contributed by atoms with van der Waals surface area (Å²) in [6, 6.07) is 11.5. The number of halogens is 1. The number of hydrogen-bond acceptors (Lipinski definition) is 5. The molecule has 170 valence electrons. The maximum absolute atomic E-state index is 13.4. The zero-order valence-electron chi connectivity index (χ0n) is 18.7. The topological polar surface area (TPSA) is 70.1 Å². The van der Waals surface area contributed by atoms with E-state index < -0.39 is 23.5 Å². The molecule has 1 fully saturated rings. The van der Waals surface area contributed by atoms with Crippen molar-refractivity contribution in [2.45, 2.75) is 26.3 Å². The number of methoxy groups -OCH3 is 1. The summed E-state index contributed by atoms with van der Waals surface area (Å²) >= 11 is 0. The standard InChI is InChI=1S/C25H29FN2O4/c1-4-27(5-2)15-6-16-28-22(17-9-13-20(32-3)14-10-17)21(24(30)25(28)31)23(29)18-7-11-19(26)12-8-18/h7-14,22,29H,4-6,15-16H2,1-3H3/b23-21+. The first-order chi connectivity index (χ1) is 15.4. The normalized spacial score (nSPS) is 17.9.